The minimum absolute atomic E-state index is 0.0539. The van der Waals surface area contributed by atoms with Gasteiger partial charge in [-0.25, -0.2) is 14.1 Å². The van der Waals surface area contributed by atoms with Gasteiger partial charge in [-0.05, 0) is 41.7 Å². The second-order valence-electron chi connectivity index (χ2n) is 7.38. The number of alkyl halides is 3. The van der Waals surface area contributed by atoms with Crippen LogP contribution >= 0.6 is 0 Å². The van der Waals surface area contributed by atoms with Crippen LogP contribution in [0.2, 0.25) is 0 Å². The predicted octanol–water partition coefficient (Wildman–Crippen LogP) is 5.53. The molecule has 3 rings (SSSR count). The van der Waals surface area contributed by atoms with Gasteiger partial charge in [0.25, 0.3) is 0 Å². The lowest BCUT2D eigenvalue weighted by molar-refractivity contribution is -0.137. The molecule has 0 saturated heterocycles. The zero-order valence-corrected chi connectivity index (χ0v) is 16.1. The van der Waals surface area contributed by atoms with Crippen LogP contribution in [-0.2, 0) is 11.2 Å². The van der Waals surface area contributed by atoms with Crippen LogP contribution < -0.4 is 0 Å². The number of hydrogen-bond acceptors (Lipinski definition) is 3. The van der Waals surface area contributed by atoms with E-state index in [1.165, 1.54) is 22.9 Å². The molecule has 154 valence electrons. The van der Waals surface area contributed by atoms with Crippen molar-refractivity contribution in [2.24, 2.45) is 0 Å². The molecule has 0 aliphatic rings. The summed E-state index contributed by atoms with van der Waals surface area (Å²) in [7, 11) is 0. The van der Waals surface area contributed by atoms with Gasteiger partial charge in [0.15, 0.2) is 5.65 Å². The van der Waals surface area contributed by atoms with Gasteiger partial charge in [0.1, 0.15) is 17.3 Å². The fourth-order valence-electron chi connectivity index (χ4n) is 3.02. The Balaban J connectivity index is 1.78. The highest BCUT2D eigenvalue weighted by atomic mass is 19.4. The van der Waals surface area contributed by atoms with E-state index in [1.807, 2.05) is 19.9 Å². The average Bonchev–Trinajstić information content (AvgIpc) is 3.05. The number of carbonyl (C=O) groups excluding carboxylic acids is 1. The first kappa shape index (κ1) is 21.0. The molecule has 0 aliphatic carbocycles. The van der Waals surface area contributed by atoms with Crippen molar-refractivity contribution < 1.29 is 22.4 Å². The van der Waals surface area contributed by atoms with Crippen LogP contribution in [-0.4, -0.2) is 26.7 Å². The summed E-state index contributed by atoms with van der Waals surface area (Å²) in [5.41, 5.74) is 2.20. The van der Waals surface area contributed by atoms with Crippen LogP contribution in [0, 0.1) is 5.82 Å². The minimum Gasteiger partial charge on any atom is -0.299 e. The Hall–Kier alpha value is -2.77. The Bertz CT molecular complexity index is 1020. The van der Waals surface area contributed by atoms with E-state index in [4.69, 9.17) is 0 Å². The number of rotatable bonds is 7. The third kappa shape index (κ3) is 5.40. The van der Waals surface area contributed by atoms with Gasteiger partial charge in [0, 0.05) is 37.0 Å². The molecular formula is C21H21F4N3O. The number of nitrogens with zero attached hydrogens (tertiary/aromatic N) is 3. The smallest absolute Gasteiger partial charge is 0.299 e. The number of carbonyl (C=O) groups is 1. The van der Waals surface area contributed by atoms with Crippen LogP contribution in [0.3, 0.4) is 0 Å². The number of halogens is 4. The monoisotopic (exact) mass is 407 g/mol. The van der Waals surface area contributed by atoms with Crippen molar-refractivity contribution >= 4 is 16.8 Å². The van der Waals surface area contributed by atoms with Gasteiger partial charge in [0.2, 0.25) is 0 Å². The van der Waals surface area contributed by atoms with Crippen molar-refractivity contribution in [2.45, 2.75) is 51.6 Å². The molecule has 0 radical (unpaired) electrons. The first-order valence-electron chi connectivity index (χ1n) is 9.35. The standard InChI is InChI=1S/C21H21F4N3O/c1-13(2)15-10-16-12-28(27-20(16)26-11-15)19-9-14(5-6-18(19)22)8-17(29)4-3-7-21(23,24)25/h5-6,9-13H,3-4,7-8H2,1-2H3. The van der Waals surface area contributed by atoms with Crippen LogP contribution in [0.25, 0.3) is 16.7 Å². The fourth-order valence-corrected chi connectivity index (χ4v) is 3.02. The molecule has 8 heteroatoms. The predicted molar refractivity (Wildman–Crippen MR) is 102 cm³/mol. The number of ketones is 1. The normalized spacial score (nSPS) is 12.1. The Kier molecular flexibility index (Phi) is 6.00. The summed E-state index contributed by atoms with van der Waals surface area (Å²) in [6.45, 7) is 4.09. The van der Waals surface area contributed by atoms with Gasteiger partial charge < -0.3 is 0 Å². The third-order valence-corrected chi connectivity index (χ3v) is 4.62. The zero-order valence-electron chi connectivity index (χ0n) is 16.1. The molecule has 2 heterocycles. The van der Waals surface area contributed by atoms with Gasteiger partial charge in [-0.1, -0.05) is 19.9 Å². The summed E-state index contributed by atoms with van der Waals surface area (Å²) in [4.78, 5) is 16.3. The molecule has 0 amide bonds. The molecule has 0 unspecified atom stereocenters. The van der Waals surface area contributed by atoms with Crippen LogP contribution in [0.4, 0.5) is 17.6 Å². The Morgan fingerprint density at radius 1 is 1.21 bits per heavy atom. The number of aromatic nitrogens is 3. The lowest BCUT2D eigenvalue weighted by Gasteiger charge is -2.08. The molecule has 0 bridgehead atoms. The Morgan fingerprint density at radius 3 is 2.66 bits per heavy atom. The number of Topliss-reactive ketones (excluding diaryl/α,β-unsaturated/α-hetero) is 1. The molecule has 0 atom stereocenters. The van der Waals surface area contributed by atoms with Crippen molar-refractivity contribution in [3.8, 4) is 5.69 Å². The maximum Gasteiger partial charge on any atom is 0.389 e. The molecule has 0 aliphatic heterocycles. The molecule has 1 aromatic carbocycles. The van der Waals surface area contributed by atoms with E-state index in [0.29, 0.717) is 17.1 Å². The number of hydrogen-bond donors (Lipinski definition) is 0. The minimum atomic E-state index is -4.27. The molecule has 0 spiro atoms. The highest BCUT2D eigenvalue weighted by Crippen LogP contribution is 2.24. The van der Waals surface area contributed by atoms with Gasteiger partial charge in [-0.3, -0.25) is 4.79 Å². The lowest BCUT2D eigenvalue weighted by atomic mass is 10.0. The summed E-state index contributed by atoms with van der Waals surface area (Å²) >= 11 is 0. The largest absolute Gasteiger partial charge is 0.389 e. The quantitative estimate of drug-likeness (QED) is 0.484. The Labute approximate surface area is 165 Å². The molecule has 2 aromatic heterocycles. The van der Waals surface area contributed by atoms with Gasteiger partial charge in [-0.15, -0.1) is 5.10 Å². The number of pyridine rings is 1. The SMILES string of the molecule is CC(C)c1cnc2nn(-c3cc(CC(=O)CCCC(F)(F)F)ccc3F)cc2c1. The maximum absolute atomic E-state index is 14.4. The summed E-state index contributed by atoms with van der Waals surface area (Å²) < 4.78 is 52.4. The summed E-state index contributed by atoms with van der Waals surface area (Å²) in [5.74, 6) is -0.547. The van der Waals surface area contributed by atoms with Gasteiger partial charge in [-0.2, -0.15) is 13.2 Å². The second kappa shape index (κ2) is 8.31. The molecule has 0 N–H and O–H groups in total. The third-order valence-electron chi connectivity index (χ3n) is 4.62. The van der Waals surface area contributed by atoms with E-state index < -0.39 is 18.4 Å². The lowest BCUT2D eigenvalue weighted by Crippen LogP contribution is -2.10. The van der Waals surface area contributed by atoms with Crippen molar-refractivity contribution in [2.75, 3.05) is 0 Å². The average molecular weight is 407 g/mol. The van der Waals surface area contributed by atoms with Crippen LogP contribution in [0.15, 0.2) is 36.7 Å². The Morgan fingerprint density at radius 2 is 1.97 bits per heavy atom. The second-order valence-corrected chi connectivity index (χ2v) is 7.38. The molecule has 0 fully saturated rings. The first-order valence-corrected chi connectivity index (χ1v) is 9.35. The molecular weight excluding hydrogens is 386 g/mol. The summed E-state index contributed by atoms with van der Waals surface area (Å²) in [6.07, 6.45) is -2.32. The number of benzene rings is 1. The maximum atomic E-state index is 14.4. The van der Waals surface area contributed by atoms with Gasteiger partial charge >= 0.3 is 6.18 Å². The van der Waals surface area contributed by atoms with Crippen molar-refractivity contribution in [1.82, 2.24) is 14.8 Å². The van der Waals surface area contributed by atoms with E-state index in [9.17, 15) is 22.4 Å². The van der Waals surface area contributed by atoms with E-state index in [2.05, 4.69) is 10.1 Å². The van der Waals surface area contributed by atoms with E-state index >= 15 is 0 Å². The number of fused-ring (bicyclic) bond motifs is 1. The first-order chi connectivity index (χ1) is 13.6. The summed E-state index contributed by atoms with van der Waals surface area (Å²) in [6, 6.07) is 6.13. The van der Waals surface area contributed by atoms with E-state index in [1.54, 1.807) is 12.4 Å². The molecule has 3 aromatic rings. The highest BCUT2D eigenvalue weighted by molar-refractivity contribution is 5.81. The zero-order chi connectivity index (χ0) is 21.2. The van der Waals surface area contributed by atoms with Gasteiger partial charge in [0.05, 0.1) is 0 Å². The van der Waals surface area contributed by atoms with Crippen LogP contribution in [0.1, 0.15) is 50.2 Å². The van der Waals surface area contributed by atoms with Crippen molar-refractivity contribution in [3.63, 3.8) is 0 Å². The van der Waals surface area contributed by atoms with E-state index in [-0.39, 0.29) is 30.7 Å². The summed E-state index contributed by atoms with van der Waals surface area (Å²) in [5, 5.41) is 5.06. The highest BCUT2D eigenvalue weighted by Gasteiger charge is 2.26. The molecule has 4 nitrogen and oxygen atoms in total. The van der Waals surface area contributed by atoms with Crippen molar-refractivity contribution in [3.05, 3.63) is 53.6 Å². The molecule has 29 heavy (non-hydrogen) atoms. The van der Waals surface area contributed by atoms with Crippen molar-refractivity contribution in [1.29, 1.82) is 0 Å². The van der Waals surface area contributed by atoms with E-state index in [0.717, 1.165) is 10.9 Å². The van der Waals surface area contributed by atoms with Crippen LogP contribution in [0.5, 0.6) is 0 Å². The topological polar surface area (TPSA) is 47.8 Å². The molecule has 0 saturated carbocycles. The fraction of sp³-hybridized carbons (Fsp3) is 0.381.